The SMILES string of the molecule is C[C@@H](OCc1ccccc1)[C@H](NC(=O)[C@H](Cc1ccccc1)NC(=O)OCc1ccccc1)C(=O)O.O=C(C(F)(F)Oc1ccc(F)c(F)c1F)C(F)(F)Oc1ccc(F)c(F)c1F. The quantitative estimate of drug-likeness (QED) is 0.0582. The number of Topliss-reactive ketones (excluding diaryl/α,β-unsaturated/α-hetero) is 1. The van der Waals surface area contributed by atoms with Crippen molar-refractivity contribution in [3.05, 3.63) is 167 Å². The number of benzene rings is 5. The number of nitrogens with one attached hydrogen (secondary N) is 2. The van der Waals surface area contributed by atoms with E-state index >= 15 is 0 Å². The monoisotopic (exact) mass is 912 g/mol. The highest BCUT2D eigenvalue weighted by Gasteiger charge is 2.60. The first-order valence-electron chi connectivity index (χ1n) is 18.4. The normalized spacial score (nSPS) is 12.7. The van der Waals surface area contributed by atoms with Gasteiger partial charge in [-0.1, -0.05) is 91.0 Å². The molecule has 0 saturated carbocycles. The van der Waals surface area contributed by atoms with Gasteiger partial charge in [0.1, 0.15) is 12.6 Å². The van der Waals surface area contributed by atoms with Gasteiger partial charge in [0.15, 0.2) is 40.8 Å². The van der Waals surface area contributed by atoms with E-state index < -0.39 is 101 Å². The minimum atomic E-state index is -5.59. The fraction of sp³-hybridized carbons (Fsp3) is 0.209. The molecule has 0 aliphatic heterocycles. The molecule has 3 N–H and O–H groups in total. The Balaban J connectivity index is 0.000000290. The molecule has 0 spiro atoms. The van der Waals surface area contributed by atoms with Crippen LogP contribution in [0, 0.1) is 34.9 Å². The van der Waals surface area contributed by atoms with E-state index in [1.165, 1.54) is 0 Å². The first kappa shape index (κ1) is 49.5. The van der Waals surface area contributed by atoms with Gasteiger partial charge >= 0.3 is 30.1 Å². The molecule has 3 atom stereocenters. The summed E-state index contributed by atoms with van der Waals surface area (Å²) in [6.07, 6.45) is -12.6. The summed E-state index contributed by atoms with van der Waals surface area (Å²) in [4.78, 5) is 48.9. The number of carbonyl (C=O) groups excluding carboxylic acids is 3. The third-order valence-electron chi connectivity index (χ3n) is 8.50. The fourth-order valence-corrected chi connectivity index (χ4v) is 5.21. The second-order valence-corrected chi connectivity index (χ2v) is 13.2. The maximum atomic E-state index is 13.6. The van der Waals surface area contributed by atoms with E-state index in [1.54, 1.807) is 6.92 Å². The van der Waals surface area contributed by atoms with Crippen molar-refractivity contribution >= 4 is 23.8 Å². The molecule has 64 heavy (non-hydrogen) atoms. The molecule has 0 saturated heterocycles. The third kappa shape index (κ3) is 13.9. The number of rotatable bonds is 18. The Hall–Kier alpha value is -7.16. The molecular formula is C43H34F10N2O9. The summed E-state index contributed by atoms with van der Waals surface area (Å²) in [6, 6.07) is 25.5. The Labute approximate surface area is 356 Å². The number of halogens is 10. The summed E-state index contributed by atoms with van der Waals surface area (Å²) >= 11 is 0. The number of ether oxygens (including phenoxy) is 4. The minimum Gasteiger partial charge on any atom is -0.480 e. The zero-order valence-corrected chi connectivity index (χ0v) is 32.8. The lowest BCUT2D eigenvalue weighted by atomic mass is 10.0. The number of carboxylic acids is 1. The Kier molecular flexibility index (Phi) is 17.2. The summed E-state index contributed by atoms with van der Waals surface area (Å²) in [5, 5.41) is 14.8. The lowest BCUT2D eigenvalue weighted by molar-refractivity contribution is -0.243. The van der Waals surface area contributed by atoms with Crippen LogP contribution in [0.3, 0.4) is 0 Å². The summed E-state index contributed by atoms with van der Waals surface area (Å²) in [7, 11) is 0. The Morgan fingerprint density at radius 2 is 1.00 bits per heavy atom. The second-order valence-electron chi connectivity index (χ2n) is 13.2. The molecule has 0 radical (unpaired) electrons. The van der Waals surface area contributed by atoms with Crippen LogP contribution < -0.4 is 20.1 Å². The van der Waals surface area contributed by atoms with Crippen molar-refractivity contribution in [1.82, 2.24) is 10.6 Å². The number of hydrogen-bond acceptors (Lipinski definition) is 8. The van der Waals surface area contributed by atoms with Crippen LogP contribution in [0.1, 0.15) is 23.6 Å². The molecule has 5 aromatic carbocycles. The van der Waals surface area contributed by atoms with Crippen LogP contribution in [0.4, 0.5) is 48.7 Å². The standard InChI is InChI=1S/C28H30N2O6.C15H4F10O3/c1-20(35-18-22-13-7-3-8-14-22)25(27(32)33)30-26(31)24(17-21-11-5-2-6-12-21)29-28(34)36-19-23-15-9-4-10-16-23;16-5-1-3-7(11(20)9(5)18)27-14(22,23)13(26)15(24,25)28-8-4-2-6(17)10(19)12(8)21/h2-16,20,24-25H,17-19H2,1H3,(H,29,34)(H,30,31)(H,32,33);1-4H/t20-,24+,25+;/m1./s1. The largest absolute Gasteiger partial charge is 0.480 e. The summed E-state index contributed by atoms with van der Waals surface area (Å²) in [5.74, 6) is -22.0. The van der Waals surface area contributed by atoms with Gasteiger partial charge in [-0.2, -0.15) is 26.3 Å². The Morgan fingerprint density at radius 3 is 1.44 bits per heavy atom. The minimum absolute atomic E-state index is 0.0362. The highest BCUT2D eigenvalue weighted by Crippen LogP contribution is 2.35. The van der Waals surface area contributed by atoms with Crippen LogP contribution in [-0.2, 0) is 43.5 Å². The van der Waals surface area contributed by atoms with Gasteiger partial charge in [-0.15, -0.1) is 0 Å². The van der Waals surface area contributed by atoms with Crippen LogP contribution in [0.25, 0.3) is 0 Å². The van der Waals surface area contributed by atoms with Gasteiger partial charge in [0.2, 0.25) is 17.5 Å². The van der Waals surface area contributed by atoms with E-state index in [0.717, 1.165) is 16.7 Å². The van der Waals surface area contributed by atoms with E-state index in [9.17, 15) is 68.2 Å². The predicted octanol–water partition coefficient (Wildman–Crippen LogP) is 8.43. The molecule has 5 rings (SSSR count). The summed E-state index contributed by atoms with van der Waals surface area (Å²) in [6.45, 7) is 1.81. The van der Waals surface area contributed by atoms with E-state index in [4.69, 9.17) is 9.47 Å². The Bertz CT molecular complexity index is 2310. The van der Waals surface area contributed by atoms with Crippen molar-refractivity contribution in [2.24, 2.45) is 0 Å². The Morgan fingerprint density at radius 1 is 0.578 bits per heavy atom. The van der Waals surface area contributed by atoms with E-state index in [0.29, 0.717) is 0 Å². The highest BCUT2D eigenvalue weighted by molar-refractivity contribution is 5.90. The number of carboxylic acid groups (broad SMARTS) is 1. The van der Waals surface area contributed by atoms with Gasteiger partial charge < -0.3 is 34.7 Å². The zero-order valence-electron chi connectivity index (χ0n) is 32.8. The zero-order chi connectivity index (χ0) is 47.2. The molecule has 11 nitrogen and oxygen atoms in total. The third-order valence-corrected chi connectivity index (χ3v) is 8.50. The van der Waals surface area contributed by atoms with Gasteiger partial charge in [0, 0.05) is 6.42 Å². The molecular weight excluding hydrogens is 878 g/mol. The van der Waals surface area contributed by atoms with E-state index in [2.05, 4.69) is 20.1 Å². The average Bonchev–Trinajstić information content (AvgIpc) is 3.27. The maximum Gasteiger partial charge on any atom is 0.471 e. The predicted molar refractivity (Wildman–Crippen MR) is 203 cm³/mol. The van der Waals surface area contributed by atoms with Gasteiger partial charge in [-0.25, -0.2) is 27.2 Å². The number of carbonyl (C=O) groups is 4. The number of alkyl carbamates (subject to hydrolysis) is 1. The van der Waals surface area contributed by atoms with Crippen LogP contribution in [-0.4, -0.2) is 59.3 Å². The number of aliphatic carboxylic acids is 1. The van der Waals surface area contributed by atoms with Crippen molar-refractivity contribution in [2.45, 2.75) is 57.0 Å². The van der Waals surface area contributed by atoms with Crippen LogP contribution in [0.2, 0.25) is 0 Å². The van der Waals surface area contributed by atoms with Crippen molar-refractivity contribution in [2.75, 3.05) is 0 Å². The van der Waals surface area contributed by atoms with Crippen LogP contribution in [0.5, 0.6) is 11.5 Å². The van der Waals surface area contributed by atoms with Crippen molar-refractivity contribution in [3.8, 4) is 11.5 Å². The van der Waals surface area contributed by atoms with Gasteiger partial charge in [-0.3, -0.25) is 9.59 Å². The van der Waals surface area contributed by atoms with Gasteiger partial charge in [-0.05, 0) is 47.9 Å². The first-order chi connectivity index (χ1) is 30.2. The number of amides is 2. The van der Waals surface area contributed by atoms with Crippen molar-refractivity contribution in [3.63, 3.8) is 0 Å². The summed E-state index contributed by atoms with van der Waals surface area (Å²) in [5.41, 5.74) is 2.47. The average molecular weight is 913 g/mol. The lowest BCUT2D eigenvalue weighted by Crippen LogP contribution is -2.55. The fourth-order valence-electron chi connectivity index (χ4n) is 5.21. The van der Waals surface area contributed by atoms with Crippen LogP contribution >= 0.6 is 0 Å². The number of ketones is 1. The second kappa shape index (κ2) is 22.3. The molecule has 2 amide bonds. The molecule has 5 aromatic rings. The summed E-state index contributed by atoms with van der Waals surface area (Å²) < 4.78 is 150. The molecule has 21 heteroatoms. The topological polar surface area (TPSA) is 149 Å². The van der Waals surface area contributed by atoms with Gasteiger partial charge in [0.25, 0.3) is 0 Å². The number of hydrogen-bond donors (Lipinski definition) is 3. The molecule has 0 heterocycles. The van der Waals surface area contributed by atoms with Crippen molar-refractivity contribution in [1.29, 1.82) is 0 Å². The highest BCUT2D eigenvalue weighted by atomic mass is 19.3. The molecule has 340 valence electrons. The molecule has 0 aliphatic rings. The van der Waals surface area contributed by atoms with Crippen LogP contribution in [0.15, 0.2) is 115 Å². The molecule has 0 bridgehead atoms. The number of alkyl halides is 4. The molecule has 0 aliphatic carbocycles. The maximum absolute atomic E-state index is 13.6. The van der Waals surface area contributed by atoms with Gasteiger partial charge in [0.05, 0.1) is 12.7 Å². The first-order valence-corrected chi connectivity index (χ1v) is 18.4. The molecule has 0 unspecified atom stereocenters. The molecule has 0 fully saturated rings. The van der Waals surface area contributed by atoms with E-state index in [1.807, 2.05) is 91.0 Å². The van der Waals surface area contributed by atoms with E-state index in [-0.39, 0.29) is 43.9 Å². The smallest absolute Gasteiger partial charge is 0.471 e. The lowest BCUT2D eigenvalue weighted by Gasteiger charge is -2.25. The van der Waals surface area contributed by atoms with Crippen molar-refractivity contribution < 1.29 is 87.1 Å². The molecule has 0 aromatic heterocycles.